The fourth-order valence-corrected chi connectivity index (χ4v) is 2.77. The Kier molecular flexibility index (Phi) is 4.34. The molecule has 26 heavy (non-hydrogen) atoms. The van der Waals surface area contributed by atoms with E-state index in [1.807, 2.05) is 30.3 Å². The topological polar surface area (TPSA) is 85.6 Å². The first kappa shape index (κ1) is 15.9. The van der Waals surface area contributed by atoms with Crippen LogP contribution in [0.15, 0.2) is 73.3 Å². The number of hydrogen-bond donors (Lipinski definition) is 1. The van der Waals surface area contributed by atoms with Crippen LogP contribution < -0.4 is 5.32 Å². The van der Waals surface area contributed by atoms with Crippen LogP contribution in [0.25, 0.3) is 11.0 Å². The number of nitrogens with zero attached hydrogens (tertiary/aromatic N) is 5. The zero-order chi connectivity index (χ0) is 17.8. The molecule has 0 spiro atoms. The summed E-state index contributed by atoms with van der Waals surface area (Å²) in [5, 5.41) is 11.3. The Morgan fingerprint density at radius 1 is 0.923 bits per heavy atom. The molecule has 2 heterocycles. The summed E-state index contributed by atoms with van der Waals surface area (Å²) in [6, 6.07) is 14.8. The average Bonchev–Trinajstić information content (AvgIpc) is 3.21. The monoisotopic (exact) mass is 344 g/mol. The van der Waals surface area contributed by atoms with Gasteiger partial charge in [0.15, 0.2) is 0 Å². The van der Waals surface area contributed by atoms with Crippen LogP contribution in [0.2, 0.25) is 0 Å². The molecule has 1 N–H and O–H groups in total. The molecule has 2 aromatic heterocycles. The van der Waals surface area contributed by atoms with Crippen LogP contribution in [0.4, 0.5) is 0 Å². The van der Waals surface area contributed by atoms with Crippen molar-refractivity contribution in [2.75, 3.05) is 0 Å². The normalized spacial score (nSPS) is 12.0. The van der Waals surface area contributed by atoms with Gasteiger partial charge in [0.1, 0.15) is 0 Å². The van der Waals surface area contributed by atoms with Gasteiger partial charge in [0.2, 0.25) is 0 Å². The van der Waals surface area contributed by atoms with Gasteiger partial charge in [-0.15, -0.1) is 0 Å². The standard InChI is InChI=1S/C19H16N6O/c26-19(15-6-7-16-17(12-15)21-9-8-20-16)24-18(13-25-22-10-11-23-25)14-4-2-1-3-5-14/h1-12,18H,13H2,(H,24,26). The van der Waals surface area contributed by atoms with Crippen molar-refractivity contribution < 1.29 is 4.79 Å². The summed E-state index contributed by atoms with van der Waals surface area (Å²) >= 11 is 0. The molecule has 0 saturated heterocycles. The van der Waals surface area contributed by atoms with Gasteiger partial charge in [-0.2, -0.15) is 15.0 Å². The van der Waals surface area contributed by atoms with Gasteiger partial charge in [-0.3, -0.25) is 14.8 Å². The molecule has 0 saturated carbocycles. The minimum atomic E-state index is -0.256. The molecule has 4 aromatic rings. The maximum atomic E-state index is 12.8. The largest absolute Gasteiger partial charge is 0.343 e. The molecule has 1 unspecified atom stereocenters. The van der Waals surface area contributed by atoms with Crippen molar-refractivity contribution in [3.05, 3.63) is 84.4 Å². The minimum absolute atomic E-state index is 0.182. The van der Waals surface area contributed by atoms with Crippen molar-refractivity contribution in [2.24, 2.45) is 0 Å². The van der Waals surface area contributed by atoms with Gasteiger partial charge in [-0.1, -0.05) is 30.3 Å². The Balaban J connectivity index is 1.60. The molecule has 0 bridgehead atoms. The zero-order valence-electron chi connectivity index (χ0n) is 13.9. The van der Waals surface area contributed by atoms with E-state index in [2.05, 4.69) is 25.5 Å². The van der Waals surface area contributed by atoms with Gasteiger partial charge in [-0.25, -0.2) is 0 Å². The molecule has 0 fully saturated rings. The summed E-state index contributed by atoms with van der Waals surface area (Å²) in [4.78, 5) is 22.8. The molecule has 7 nitrogen and oxygen atoms in total. The molecule has 1 amide bonds. The lowest BCUT2D eigenvalue weighted by Gasteiger charge is -2.19. The lowest BCUT2D eigenvalue weighted by molar-refractivity contribution is 0.0931. The van der Waals surface area contributed by atoms with E-state index < -0.39 is 0 Å². The maximum absolute atomic E-state index is 12.8. The van der Waals surface area contributed by atoms with Crippen LogP contribution in [-0.4, -0.2) is 30.9 Å². The molecule has 0 aliphatic heterocycles. The number of nitrogens with one attached hydrogen (secondary N) is 1. The van der Waals surface area contributed by atoms with Crippen LogP contribution in [0.1, 0.15) is 22.0 Å². The highest BCUT2D eigenvalue weighted by molar-refractivity contribution is 5.97. The number of carbonyl (C=O) groups is 1. The molecule has 1 atom stereocenters. The number of hydrogen-bond acceptors (Lipinski definition) is 5. The minimum Gasteiger partial charge on any atom is -0.343 e. The Bertz CT molecular complexity index is 1020. The highest BCUT2D eigenvalue weighted by Gasteiger charge is 2.17. The van der Waals surface area contributed by atoms with Gasteiger partial charge < -0.3 is 5.32 Å². The Labute approximate surface area is 149 Å². The Morgan fingerprint density at radius 2 is 1.65 bits per heavy atom. The van der Waals surface area contributed by atoms with Crippen molar-refractivity contribution in [1.82, 2.24) is 30.3 Å². The second kappa shape index (κ2) is 7.10. The predicted octanol–water partition coefficient (Wildman–Crippen LogP) is 2.39. The van der Waals surface area contributed by atoms with E-state index in [1.165, 1.54) is 0 Å². The molecular weight excluding hydrogens is 328 g/mol. The average molecular weight is 344 g/mol. The first-order chi connectivity index (χ1) is 12.8. The van der Waals surface area contributed by atoms with E-state index in [1.54, 1.807) is 47.8 Å². The summed E-state index contributed by atoms with van der Waals surface area (Å²) in [6.45, 7) is 0.441. The molecule has 0 radical (unpaired) electrons. The maximum Gasteiger partial charge on any atom is 0.251 e. The smallest absolute Gasteiger partial charge is 0.251 e. The van der Waals surface area contributed by atoms with Crippen LogP contribution in [0, 0.1) is 0 Å². The van der Waals surface area contributed by atoms with Gasteiger partial charge in [0.25, 0.3) is 5.91 Å². The van der Waals surface area contributed by atoms with Crippen molar-refractivity contribution in [3.8, 4) is 0 Å². The van der Waals surface area contributed by atoms with Crippen molar-refractivity contribution in [2.45, 2.75) is 12.6 Å². The van der Waals surface area contributed by atoms with E-state index >= 15 is 0 Å². The molecule has 2 aromatic carbocycles. The van der Waals surface area contributed by atoms with E-state index in [4.69, 9.17) is 0 Å². The number of carbonyl (C=O) groups excluding carboxylic acids is 1. The second-order valence-electron chi connectivity index (χ2n) is 5.78. The van der Waals surface area contributed by atoms with E-state index in [9.17, 15) is 4.79 Å². The predicted molar refractivity (Wildman–Crippen MR) is 96.2 cm³/mol. The van der Waals surface area contributed by atoms with Gasteiger partial charge >= 0.3 is 0 Å². The van der Waals surface area contributed by atoms with Crippen molar-refractivity contribution in [3.63, 3.8) is 0 Å². The highest BCUT2D eigenvalue weighted by Crippen LogP contribution is 2.17. The fourth-order valence-electron chi connectivity index (χ4n) is 2.77. The summed E-state index contributed by atoms with van der Waals surface area (Å²) in [5.74, 6) is -0.182. The Hall–Kier alpha value is -3.61. The van der Waals surface area contributed by atoms with E-state index in [0.29, 0.717) is 17.6 Å². The summed E-state index contributed by atoms with van der Waals surface area (Å²) < 4.78 is 0. The molecule has 4 rings (SSSR count). The molecule has 0 aliphatic carbocycles. The first-order valence-electron chi connectivity index (χ1n) is 8.20. The summed E-state index contributed by atoms with van der Waals surface area (Å²) in [7, 11) is 0. The van der Waals surface area contributed by atoms with E-state index in [-0.39, 0.29) is 11.9 Å². The fraction of sp³-hybridized carbons (Fsp3) is 0.105. The molecule has 7 heteroatoms. The van der Waals surface area contributed by atoms with Crippen LogP contribution >= 0.6 is 0 Å². The van der Waals surface area contributed by atoms with Crippen LogP contribution in [0.3, 0.4) is 0 Å². The van der Waals surface area contributed by atoms with Crippen LogP contribution in [-0.2, 0) is 6.54 Å². The molecular formula is C19H16N6O. The molecule has 0 aliphatic rings. The number of amides is 1. The third-order valence-electron chi connectivity index (χ3n) is 4.05. The summed E-state index contributed by atoms with van der Waals surface area (Å²) in [6.07, 6.45) is 6.47. The van der Waals surface area contributed by atoms with Crippen molar-refractivity contribution >= 4 is 16.9 Å². The molecule has 128 valence electrons. The second-order valence-corrected chi connectivity index (χ2v) is 5.78. The SMILES string of the molecule is O=C(NC(Cn1nccn1)c1ccccc1)c1ccc2nccnc2c1. The number of benzene rings is 2. The van der Waals surface area contributed by atoms with Crippen LogP contribution in [0.5, 0.6) is 0 Å². The number of rotatable bonds is 5. The van der Waals surface area contributed by atoms with Crippen molar-refractivity contribution in [1.29, 1.82) is 0 Å². The quantitative estimate of drug-likeness (QED) is 0.601. The first-order valence-corrected chi connectivity index (χ1v) is 8.20. The lowest BCUT2D eigenvalue weighted by Crippen LogP contribution is -2.32. The van der Waals surface area contributed by atoms with Gasteiger partial charge in [-0.05, 0) is 23.8 Å². The third-order valence-corrected chi connectivity index (χ3v) is 4.05. The van der Waals surface area contributed by atoms with E-state index in [0.717, 1.165) is 11.1 Å². The zero-order valence-corrected chi connectivity index (χ0v) is 13.9. The van der Waals surface area contributed by atoms with Gasteiger partial charge in [0.05, 0.1) is 36.0 Å². The number of aromatic nitrogens is 5. The summed E-state index contributed by atoms with van der Waals surface area (Å²) in [5.41, 5.74) is 2.96. The highest BCUT2D eigenvalue weighted by atomic mass is 16.1. The third kappa shape index (κ3) is 3.41. The van der Waals surface area contributed by atoms with Gasteiger partial charge in [0, 0.05) is 18.0 Å². The number of fused-ring (bicyclic) bond motifs is 1. The lowest BCUT2D eigenvalue weighted by atomic mass is 10.1. The Morgan fingerprint density at radius 3 is 2.42 bits per heavy atom.